The summed E-state index contributed by atoms with van der Waals surface area (Å²) < 4.78 is 0. The molecule has 1 rings (SSSR count). The fourth-order valence-corrected chi connectivity index (χ4v) is 0.941. The lowest BCUT2D eigenvalue weighted by atomic mass is 10.2. The van der Waals surface area contributed by atoms with Gasteiger partial charge in [-0.1, -0.05) is 13.3 Å². The minimum absolute atomic E-state index is 0.0891. The van der Waals surface area contributed by atoms with Crippen LogP contribution in [0.15, 0.2) is 6.20 Å². The van der Waals surface area contributed by atoms with Gasteiger partial charge in [-0.15, -0.1) is 0 Å². The molecule has 0 amide bonds. The zero-order valence-electron chi connectivity index (χ0n) is 6.09. The first-order valence-electron chi connectivity index (χ1n) is 3.50. The van der Waals surface area contributed by atoms with Gasteiger partial charge in [0.25, 0.3) is 0 Å². The molecule has 0 atom stereocenters. The van der Waals surface area contributed by atoms with Gasteiger partial charge >= 0.3 is 0 Å². The fourth-order valence-electron chi connectivity index (χ4n) is 0.941. The molecule has 56 valence electrons. The quantitative estimate of drug-likeness (QED) is 0.654. The molecule has 3 nitrogen and oxygen atoms in total. The van der Waals surface area contributed by atoms with E-state index in [0.717, 1.165) is 24.1 Å². The van der Waals surface area contributed by atoms with Crippen LogP contribution in [0.5, 0.6) is 0 Å². The van der Waals surface area contributed by atoms with Crippen molar-refractivity contribution in [2.75, 3.05) is 0 Å². The number of hydrogen-bond donors (Lipinski definition) is 2. The number of aliphatic hydroxyl groups is 1. The average Bonchev–Trinajstić information content (AvgIpc) is 2.36. The number of nitrogens with one attached hydrogen (secondary N) is 1. The van der Waals surface area contributed by atoms with Gasteiger partial charge < -0.3 is 5.11 Å². The first kappa shape index (κ1) is 7.28. The van der Waals surface area contributed by atoms with Gasteiger partial charge in [0.2, 0.25) is 0 Å². The van der Waals surface area contributed by atoms with Gasteiger partial charge in [-0.2, -0.15) is 5.10 Å². The van der Waals surface area contributed by atoms with Gasteiger partial charge in [0.05, 0.1) is 12.8 Å². The van der Waals surface area contributed by atoms with Crippen LogP contribution >= 0.6 is 0 Å². The smallest absolute Gasteiger partial charge is 0.0715 e. The van der Waals surface area contributed by atoms with Crippen LogP contribution in [0.3, 0.4) is 0 Å². The third-order valence-electron chi connectivity index (χ3n) is 1.48. The lowest BCUT2D eigenvalue weighted by Crippen LogP contribution is -1.89. The van der Waals surface area contributed by atoms with Gasteiger partial charge in [-0.25, -0.2) is 0 Å². The predicted molar refractivity (Wildman–Crippen MR) is 38.5 cm³/mol. The summed E-state index contributed by atoms with van der Waals surface area (Å²) in [6, 6.07) is 0. The lowest BCUT2D eigenvalue weighted by molar-refractivity contribution is 0.280. The number of nitrogens with zero attached hydrogens (tertiary/aromatic N) is 1. The van der Waals surface area contributed by atoms with Crippen molar-refractivity contribution < 1.29 is 5.11 Å². The Labute approximate surface area is 60.1 Å². The topological polar surface area (TPSA) is 48.9 Å². The van der Waals surface area contributed by atoms with Crippen molar-refractivity contribution in [2.45, 2.75) is 26.4 Å². The van der Waals surface area contributed by atoms with E-state index < -0.39 is 0 Å². The van der Waals surface area contributed by atoms with Gasteiger partial charge in [-0.3, -0.25) is 5.10 Å². The highest BCUT2D eigenvalue weighted by atomic mass is 16.3. The molecule has 0 aliphatic heterocycles. The number of H-pyrrole nitrogens is 1. The van der Waals surface area contributed by atoms with Gasteiger partial charge in [0.1, 0.15) is 0 Å². The third kappa shape index (κ3) is 1.36. The minimum Gasteiger partial charge on any atom is -0.392 e. The lowest BCUT2D eigenvalue weighted by Gasteiger charge is -1.94. The molecule has 0 aliphatic carbocycles. The van der Waals surface area contributed by atoms with E-state index >= 15 is 0 Å². The maximum atomic E-state index is 8.77. The molecular formula is C7H12N2O. The summed E-state index contributed by atoms with van der Waals surface area (Å²) in [4.78, 5) is 0. The molecule has 0 spiro atoms. The van der Waals surface area contributed by atoms with Crippen molar-refractivity contribution in [1.82, 2.24) is 10.2 Å². The predicted octanol–water partition coefficient (Wildman–Crippen LogP) is 0.854. The summed E-state index contributed by atoms with van der Waals surface area (Å²) in [7, 11) is 0. The third-order valence-corrected chi connectivity index (χ3v) is 1.48. The molecule has 0 unspecified atom stereocenters. The largest absolute Gasteiger partial charge is 0.392 e. The summed E-state index contributed by atoms with van der Waals surface area (Å²) in [5, 5.41) is 15.4. The first-order chi connectivity index (χ1) is 4.88. The van der Waals surface area contributed by atoms with E-state index in [9.17, 15) is 0 Å². The Kier molecular flexibility index (Phi) is 2.45. The Bertz CT molecular complexity index is 195. The van der Waals surface area contributed by atoms with Crippen LogP contribution in [0, 0.1) is 0 Å². The summed E-state index contributed by atoms with van der Waals surface area (Å²) in [6.07, 6.45) is 3.72. The van der Waals surface area contributed by atoms with Gasteiger partial charge in [0.15, 0.2) is 0 Å². The zero-order valence-corrected chi connectivity index (χ0v) is 6.09. The molecule has 0 fully saturated rings. The van der Waals surface area contributed by atoms with Crippen molar-refractivity contribution in [3.05, 3.63) is 17.5 Å². The Hall–Kier alpha value is -0.830. The Morgan fingerprint density at radius 3 is 3.10 bits per heavy atom. The van der Waals surface area contributed by atoms with E-state index in [4.69, 9.17) is 5.11 Å². The molecule has 3 heteroatoms. The number of aromatic amines is 1. The highest BCUT2D eigenvalue weighted by Crippen LogP contribution is 2.05. The van der Waals surface area contributed by atoms with Crippen molar-refractivity contribution in [1.29, 1.82) is 0 Å². The molecule has 2 N–H and O–H groups in total. The molecule has 0 saturated carbocycles. The minimum atomic E-state index is 0.0891. The fraction of sp³-hybridized carbons (Fsp3) is 0.571. The van der Waals surface area contributed by atoms with E-state index in [1.54, 1.807) is 6.20 Å². The second-order valence-electron chi connectivity index (χ2n) is 2.28. The van der Waals surface area contributed by atoms with Crippen LogP contribution in [0.25, 0.3) is 0 Å². The second kappa shape index (κ2) is 3.37. The standard InChI is InChI=1S/C7H12N2O/c1-2-3-7-6(5-10)4-8-9-7/h4,10H,2-3,5H2,1H3,(H,8,9). The second-order valence-corrected chi connectivity index (χ2v) is 2.28. The molecule has 10 heavy (non-hydrogen) atoms. The SMILES string of the molecule is CCCc1[nH]ncc1CO. The van der Waals surface area contributed by atoms with Crippen LogP contribution in [0.2, 0.25) is 0 Å². The van der Waals surface area contributed by atoms with Crippen LogP contribution in [0.4, 0.5) is 0 Å². The van der Waals surface area contributed by atoms with E-state index in [1.165, 1.54) is 0 Å². The van der Waals surface area contributed by atoms with Crippen molar-refractivity contribution in [3.8, 4) is 0 Å². The number of hydrogen-bond acceptors (Lipinski definition) is 2. The van der Waals surface area contributed by atoms with Crippen LogP contribution < -0.4 is 0 Å². The maximum absolute atomic E-state index is 8.77. The summed E-state index contributed by atoms with van der Waals surface area (Å²) >= 11 is 0. The van der Waals surface area contributed by atoms with Crippen LogP contribution in [-0.2, 0) is 13.0 Å². The average molecular weight is 140 g/mol. The molecule has 0 aliphatic rings. The number of rotatable bonds is 3. The van der Waals surface area contributed by atoms with E-state index in [1.807, 2.05) is 0 Å². The molecule has 1 heterocycles. The van der Waals surface area contributed by atoms with Crippen molar-refractivity contribution in [3.63, 3.8) is 0 Å². The molecule has 0 saturated heterocycles. The summed E-state index contributed by atoms with van der Waals surface area (Å²) in [5.74, 6) is 0. The number of aromatic nitrogens is 2. The van der Waals surface area contributed by atoms with Gasteiger partial charge in [-0.05, 0) is 6.42 Å². The molecular weight excluding hydrogens is 128 g/mol. The van der Waals surface area contributed by atoms with E-state index in [0.29, 0.717) is 0 Å². The van der Waals surface area contributed by atoms with Gasteiger partial charge in [0, 0.05) is 11.3 Å². The maximum Gasteiger partial charge on any atom is 0.0715 e. The molecule has 1 aromatic heterocycles. The summed E-state index contributed by atoms with van der Waals surface area (Å²) in [5.41, 5.74) is 1.98. The van der Waals surface area contributed by atoms with Crippen LogP contribution in [-0.4, -0.2) is 15.3 Å². The molecule has 1 aromatic rings. The van der Waals surface area contributed by atoms with E-state index in [2.05, 4.69) is 17.1 Å². The Morgan fingerprint density at radius 1 is 1.70 bits per heavy atom. The Morgan fingerprint density at radius 2 is 2.50 bits per heavy atom. The molecule has 0 radical (unpaired) electrons. The monoisotopic (exact) mass is 140 g/mol. The first-order valence-corrected chi connectivity index (χ1v) is 3.50. The zero-order chi connectivity index (χ0) is 7.40. The Balaban J connectivity index is 2.70. The van der Waals surface area contributed by atoms with Crippen molar-refractivity contribution in [2.24, 2.45) is 0 Å². The van der Waals surface area contributed by atoms with E-state index in [-0.39, 0.29) is 6.61 Å². The number of aryl methyl sites for hydroxylation is 1. The molecule has 0 bridgehead atoms. The van der Waals surface area contributed by atoms with Crippen LogP contribution in [0.1, 0.15) is 24.6 Å². The molecule has 0 aromatic carbocycles. The highest BCUT2D eigenvalue weighted by molar-refractivity contribution is 5.14. The summed E-state index contributed by atoms with van der Waals surface area (Å²) in [6.45, 7) is 2.19. The normalized spacial score (nSPS) is 10.2. The highest BCUT2D eigenvalue weighted by Gasteiger charge is 2.00. The number of aliphatic hydroxyl groups excluding tert-OH is 1. The van der Waals surface area contributed by atoms with Crippen molar-refractivity contribution >= 4 is 0 Å².